The van der Waals surface area contributed by atoms with Gasteiger partial charge in [0.2, 0.25) is 0 Å². The van der Waals surface area contributed by atoms with Gasteiger partial charge in [-0.15, -0.1) is 0 Å². The highest BCUT2D eigenvalue weighted by Crippen LogP contribution is 2.42. The lowest BCUT2D eigenvalue weighted by atomic mass is 10.1. The summed E-state index contributed by atoms with van der Waals surface area (Å²) in [6.07, 6.45) is 0. The first-order valence-corrected chi connectivity index (χ1v) is 13.3. The third kappa shape index (κ3) is 6.80. The van der Waals surface area contributed by atoms with E-state index in [9.17, 15) is 30.1 Å². The number of carboxylic acids is 1. The van der Waals surface area contributed by atoms with Crippen molar-refractivity contribution in [3.63, 3.8) is 0 Å². The van der Waals surface area contributed by atoms with Crippen molar-refractivity contribution >= 4 is 34.4 Å². The zero-order valence-corrected chi connectivity index (χ0v) is 23.1. The number of hydrogen-bond donors (Lipinski definition) is 1. The van der Waals surface area contributed by atoms with Crippen LogP contribution in [0, 0.1) is 20.2 Å². The van der Waals surface area contributed by atoms with Gasteiger partial charge in [0.25, 0.3) is 0 Å². The molecule has 0 aliphatic carbocycles. The summed E-state index contributed by atoms with van der Waals surface area (Å²) in [5.74, 6) is -1.10. The van der Waals surface area contributed by atoms with Crippen LogP contribution in [-0.4, -0.2) is 20.9 Å². The molecule has 0 bridgehead atoms. The Balaban J connectivity index is 1.59. The van der Waals surface area contributed by atoms with Gasteiger partial charge < -0.3 is 19.5 Å². The van der Waals surface area contributed by atoms with E-state index in [-0.39, 0.29) is 41.7 Å². The van der Waals surface area contributed by atoms with E-state index in [2.05, 4.69) is 0 Å². The largest absolute Gasteiger partial charge is 0.482 e. The molecule has 220 valence electrons. The van der Waals surface area contributed by atoms with Crippen LogP contribution in [0.2, 0.25) is 0 Å². The Bertz CT molecular complexity index is 1690. The fraction of sp³-hybridized carbons (Fsp3) is 0.0606. The molecule has 5 aromatic carbocycles. The van der Waals surface area contributed by atoms with Gasteiger partial charge in [0, 0.05) is 30.0 Å². The van der Waals surface area contributed by atoms with Crippen molar-refractivity contribution in [3.8, 4) is 11.5 Å². The Morgan fingerprint density at radius 1 is 0.614 bits per heavy atom. The highest BCUT2D eigenvalue weighted by atomic mass is 16.6. The van der Waals surface area contributed by atoms with Gasteiger partial charge in [-0.2, -0.15) is 0 Å². The molecule has 0 spiro atoms. The molecule has 0 saturated carbocycles. The molecule has 11 nitrogen and oxygen atoms in total. The van der Waals surface area contributed by atoms with Gasteiger partial charge >= 0.3 is 17.3 Å². The first kappa shape index (κ1) is 29.3. The molecule has 0 fully saturated rings. The van der Waals surface area contributed by atoms with Gasteiger partial charge in [-0.1, -0.05) is 60.7 Å². The van der Waals surface area contributed by atoms with Gasteiger partial charge in [-0.05, 0) is 47.5 Å². The highest BCUT2D eigenvalue weighted by molar-refractivity contribution is 5.89. The van der Waals surface area contributed by atoms with Crippen LogP contribution in [0.3, 0.4) is 0 Å². The molecule has 0 aliphatic heterocycles. The van der Waals surface area contributed by atoms with Crippen LogP contribution < -0.4 is 14.4 Å². The predicted molar refractivity (Wildman–Crippen MR) is 163 cm³/mol. The molecule has 0 atom stereocenters. The van der Waals surface area contributed by atoms with E-state index in [4.69, 9.17) is 9.47 Å². The second kappa shape index (κ2) is 13.2. The molecule has 5 rings (SSSR count). The van der Waals surface area contributed by atoms with Crippen LogP contribution >= 0.6 is 0 Å². The molecule has 0 aromatic heterocycles. The number of benzene rings is 5. The fourth-order valence-corrected chi connectivity index (χ4v) is 4.49. The lowest BCUT2D eigenvalue weighted by Crippen LogP contribution is -2.12. The van der Waals surface area contributed by atoms with Crippen molar-refractivity contribution in [2.75, 3.05) is 4.90 Å². The van der Waals surface area contributed by atoms with Crippen LogP contribution in [-0.2, 0) is 13.2 Å². The van der Waals surface area contributed by atoms with Gasteiger partial charge in [0.05, 0.1) is 26.8 Å². The van der Waals surface area contributed by atoms with Crippen LogP contribution in [0.4, 0.5) is 28.4 Å². The first-order chi connectivity index (χ1) is 21.3. The number of carboxylic acid groups (broad SMARTS) is 1. The smallest absolute Gasteiger partial charge is 0.335 e. The van der Waals surface area contributed by atoms with Crippen molar-refractivity contribution in [2.45, 2.75) is 13.2 Å². The minimum atomic E-state index is -1.11. The molecule has 0 radical (unpaired) electrons. The fourth-order valence-electron chi connectivity index (χ4n) is 4.49. The van der Waals surface area contributed by atoms with E-state index < -0.39 is 15.8 Å². The summed E-state index contributed by atoms with van der Waals surface area (Å²) in [6, 6.07) is 33.0. The lowest BCUT2D eigenvalue weighted by molar-refractivity contribution is -0.386. The molecule has 44 heavy (non-hydrogen) atoms. The average molecular weight is 592 g/mol. The van der Waals surface area contributed by atoms with E-state index in [1.165, 1.54) is 48.5 Å². The average Bonchev–Trinajstić information content (AvgIpc) is 3.04. The Kier molecular flexibility index (Phi) is 8.76. The maximum absolute atomic E-state index is 11.9. The monoisotopic (exact) mass is 591 g/mol. The van der Waals surface area contributed by atoms with E-state index in [1.54, 1.807) is 17.0 Å². The maximum Gasteiger partial charge on any atom is 0.335 e. The quantitative estimate of drug-likeness (QED) is 0.113. The van der Waals surface area contributed by atoms with Crippen molar-refractivity contribution < 1.29 is 29.2 Å². The number of nitro groups is 2. The van der Waals surface area contributed by atoms with E-state index in [1.807, 2.05) is 60.7 Å². The van der Waals surface area contributed by atoms with Crippen molar-refractivity contribution in [1.29, 1.82) is 0 Å². The van der Waals surface area contributed by atoms with Crippen molar-refractivity contribution in [2.24, 2.45) is 0 Å². The predicted octanol–water partition coefficient (Wildman–Crippen LogP) is 7.83. The summed E-state index contributed by atoms with van der Waals surface area (Å²) in [4.78, 5) is 35.8. The number of nitrogens with zero attached hydrogens (tertiary/aromatic N) is 3. The van der Waals surface area contributed by atoms with Crippen LogP contribution in [0.15, 0.2) is 121 Å². The second-order valence-corrected chi connectivity index (χ2v) is 9.55. The summed E-state index contributed by atoms with van der Waals surface area (Å²) in [7, 11) is 0. The van der Waals surface area contributed by atoms with E-state index in [0.29, 0.717) is 17.1 Å². The van der Waals surface area contributed by atoms with E-state index >= 15 is 0 Å². The first-order valence-electron chi connectivity index (χ1n) is 13.3. The topological polar surface area (TPSA) is 145 Å². The number of aromatic carboxylic acids is 1. The molecule has 0 saturated heterocycles. The molecule has 1 N–H and O–H groups in total. The standard InChI is InChI=1S/C33H25N3O8/c37-33(38)25-11-13-26(14-12-25)34(27-15-17-29(35(39)40)31(19-27)43-21-23-7-3-1-4-8-23)28-16-18-30(36(41)42)32(20-28)44-22-24-9-5-2-6-10-24/h1-20H,21-22H2,(H,37,38). The minimum Gasteiger partial charge on any atom is -0.482 e. The molecule has 0 aliphatic rings. The number of rotatable bonds is 12. The van der Waals surface area contributed by atoms with Crippen LogP contribution in [0.1, 0.15) is 21.5 Å². The molecular weight excluding hydrogens is 566 g/mol. The lowest BCUT2D eigenvalue weighted by Gasteiger charge is -2.26. The Labute approximate surface area is 251 Å². The van der Waals surface area contributed by atoms with Gasteiger partial charge in [0.15, 0.2) is 11.5 Å². The third-order valence-electron chi connectivity index (χ3n) is 6.64. The second-order valence-electron chi connectivity index (χ2n) is 9.55. The number of nitro benzene ring substituents is 2. The zero-order valence-electron chi connectivity index (χ0n) is 23.1. The Hall–Kier alpha value is -6.23. The molecule has 0 heterocycles. The van der Waals surface area contributed by atoms with Gasteiger partial charge in [0.1, 0.15) is 13.2 Å². The molecule has 11 heteroatoms. The normalized spacial score (nSPS) is 10.5. The van der Waals surface area contributed by atoms with E-state index in [0.717, 1.165) is 11.1 Å². The van der Waals surface area contributed by atoms with Crippen molar-refractivity contribution in [1.82, 2.24) is 0 Å². The zero-order chi connectivity index (χ0) is 31.1. The number of carbonyl (C=O) groups is 1. The highest BCUT2D eigenvalue weighted by Gasteiger charge is 2.23. The molecular formula is C33H25N3O8. The van der Waals surface area contributed by atoms with Gasteiger partial charge in [-0.25, -0.2) is 4.79 Å². The number of hydrogen-bond acceptors (Lipinski definition) is 8. The SMILES string of the molecule is O=C(O)c1ccc(N(c2ccc([N+](=O)[O-])c(OCc3ccccc3)c2)c2ccc([N+](=O)[O-])c(OCc3ccccc3)c2)cc1. The summed E-state index contributed by atoms with van der Waals surface area (Å²) in [5, 5.41) is 33.2. The maximum atomic E-state index is 11.9. The summed E-state index contributed by atoms with van der Waals surface area (Å²) >= 11 is 0. The third-order valence-corrected chi connectivity index (χ3v) is 6.64. The van der Waals surface area contributed by atoms with Gasteiger partial charge in [-0.3, -0.25) is 20.2 Å². The molecule has 5 aromatic rings. The van der Waals surface area contributed by atoms with Crippen LogP contribution in [0.5, 0.6) is 11.5 Å². The molecule has 0 amide bonds. The minimum absolute atomic E-state index is 0.00553. The number of anilines is 3. The summed E-state index contributed by atoms with van der Waals surface area (Å²) in [5.41, 5.74) is 2.51. The van der Waals surface area contributed by atoms with Crippen molar-refractivity contribution in [3.05, 3.63) is 158 Å². The summed E-state index contributed by atoms with van der Waals surface area (Å²) < 4.78 is 11.8. The number of ether oxygens (including phenoxy) is 2. The molecule has 0 unspecified atom stereocenters. The Morgan fingerprint density at radius 2 is 1.02 bits per heavy atom. The Morgan fingerprint density at radius 3 is 1.41 bits per heavy atom. The summed E-state index contributed by atoms with van der Waals surface area (Å²) in [6.45, 7) is 0.154. The van der Waals surface area contributed by atoms with Crippen LogP contribution in [0.25, 0.3) is 0 Å².